The Morgan fingerprint density at radius 1 is 1.00 bits per heavy atom. The maximum absolute atomic E-state index is 12.0. The first kappa shape index (κ1) is 20.9. The van der Waals surface area contributed by atoms with Crippen molar-refractivity contribution in [2.75, 3.05) is 0 Å². The van der Waals surface area contributed by atoms with E-state index in [9.17, 15) is 4.79 Å². The molecule has 29 heavy (non-hydrogen) atoms. The lowest BCUT2D eigenvalue weighted by molar-refractivity contribution is -0.115. The van der Waals surface area contributed by atoms with Crippen LogP contribution in [0.4, 0.5) is 0 Å². The minimum absolute atomic E-state index is 0.107. The van der Waals surface area contributed by atoms with Crippen LogP contribution < -0.4 is 0 Å². The summed E-state index contributed by atoms with van der Waals surface area (Å²) in [6.07, 6.45) is 18.5. The zero-order valence-corrected chi connectivity index (χ0v) is 19.4. The molecule has 0 bridgehead atoms. The monoisotopic (exact) mass is 392 g/mol. The molecule has 0 aromatic heterocycles. The summed E-state index contributed by atoms with van der Waals surface area (Å²) < 4.78 is 0. The first-order valence-corrected chi connectivity index (χ1v) is 12.0. The van der Waals surface area contributed by atoms with Crippen LogP contribution in [0.25, 0.3) is 0 Å². The van der Waals surface area contributed by atoms with Gasteiger partial charge in [-0.05, 0) is 84.3 Å². The van der Waals surface area contributed by atoms with Crippen LogP contribution in [0.1, 0.15) is 80.1 Å². The van der Waals surface area contributed by atoms with Crippen molar-refractivity contribution in [2.45, 2.75) is 80.1 Å². The number of fused-ring (bicyclic) bond motifs is 4. The molecule has 0 amide bonds. The van der Waals surface area contributed by atoms with Gasteiger partial charge in [0.25, 0.3) is 0 Å². The summed E-state index contributed by atoms with van der Waals surface area (Å²) in [5.74, 6) is 3.81. The smallest absolute Gasteiger partial charge is 0.156 e. The number of rotatable bonds is 4. The van der Waals surface area contributed by atoms with Crippen LogP contribution in [0.15, 0.2) is 47.1 Å². The highest BCUT2D eigenvalue weighted by atomic mass is 16.1. The van der Waals surface area contributed by atoms with Gasteiger partial charge in [-0.25, -0.2) is 0 Å². The Morgan fingerprint density at radius 3 is 2.48 bits per heavy atom. The second-order valence-electron chi connectivity index (χ2n) is 11.3. The second-order valence-corrected chi connectivity index (χ2v) is 11.3. The van der Waals surface area contributed by atoms with Gasteiger partial charge in [0.15, 0.2) is 5.78 Å². The van der Waals surface area contributed by atoms with Crippen LogP contribution in [-0.4, -0.2) is 5.78 Å². The predicted molar refractivity (Wildman–Crippen MR) is 122 cm³/mol. The Labute approximate surface area is 178 Å². The van der Waals surface area contributed by atoms with Gasteiger partial charge in [-0.2, -0.15) is 0 Å². The van der Waals surface area contributed by atoms with Crippen molar-refractivity contribution in [1.29, 1.82) is 0 Å². The van der Waals surface area contributed by atoms with Crippen LogP contribution in [0.2, 0.25) is 0 Å². The molecule has 1 fully saturated rings. The standard InChI is InChI=1S/C28H40O/c1-18(2)19(3)7-8-20(4)24-11-12-25-23-10-9-21-17-22(29)13-15-27(21,5)26(23)14-16-28(24,25)6/h7-10,17-20,24-25H,11-16H2,1-6H3/b8-7+/t19-,20?,24-,25?,27+,28-/m1/s1. The van der Waals surface area contributed by atoms with Gasteiger partial charge in [0, 0.05) is 11.8 Å². The second kappa shape index (κ2) is 7.40. The topological polar surface area (TPSA) is 17.1 Å². The molecule has 1 nitrogen and oxygen atoms in total. The van der Waals surface area contributed by atoms with E-state index >= 15 is 0 Å². The van der Waals surface area contributed by atoms with Crippen molar-refractivity contribution in [3.8, 4) is 0 Å². The normalized spacial score (nSPS) is 38.7. The molecule has 1 saturated carbocycles. The summed E-state index contributed by atoms with van der Waals surface area (Å²) in [6.45, 7) is 14.4. The summed E-state index contributed by atoms with van der Waals surface area (Å²) in [5.41, 5.74) is 5.09. The molecule has 0 spiro atoms. The fourth-order valence-electron chi connectivity index (χ4n) is 6.92. The zero-order valence-electron chi connectivity index (χ0n) is 19.4. The molecule has 0 saturated heterocycles. The van der Waals surface area contributed by atoms with E-state index in [4.69, 9.17) is 0 Å². The fraction of sp³-hybridized carbons (Fsp3) is 0.679. The third-order valence-corrected chi connectivity index (χ3v) is 9.39. The largest absolute Gasteiger partial charge is 0.295 e. The highest BCUT2D eigenvalue weighted by Crippen LogP contribution is 2.63. The summed E-state index contributed by atoms with van der Waals surface area (Å²) in [5, 5.41) is 0. The van der Waals surface area contributed by atoms with Crippen molar-refractivity contribution >= 4 is 5.78 Å². The SMILES string of the molecule is CC(C)[C@H](C)/C=C/C(C)[C@H]1CCC2C3=C(CC[C@@]21C)[C@@]1(C)CCC(=O)C=C1C=C3. The maximum atomic E-state index is 12.0. The van der Waals surface area contributed by atoms with Crippen molar-refractivity contribution in [3.05, 3.63) is 47.1 Å². The minimum atomic E-state index is 0.107. The lowest BCUT2D eigenvalue weighted by Crippen LogP contribution is -2.40. The molecule has 4 rings (SSSR count). The fourth-order valence-corrected chi connectivity index (χ4v) is 6.92. The Balaban J connectivity index is 1.61. The lowest BCUT2D eigenvalue weighted by atomic mass is 9.54. The number of hydrogen-bond donors (Lipinski definition) is 0. The zero-order chi connectivity index (χ0) is 21.0. The highest BCUT2D eigenvalue weighted by Gasteiger charge is 2.53. The van der Waals surface area contributed by atoms with Gasteiger partial charge in [0.2, 0.25) is 0 Å². The molecule has 0 aromatic rings. The predicted octanol–water partition coefficient (Wildman–Crippen LogP) is 7.46. The quantitative estimate of drug-likeness (QED) is 0.454. The number of allylic oxidation sites excluding steroid dienone is 8. The number of hydrogen-bond acceptors (Lipinski definition) is 1. The van der Waals surface area contributed by atoms with Crippen LogP contribution in [-0.2, 0) is 4.79 Å². The van der Waals surface area contributed by atoms with Crippen LogP contribution >= 0.6 is 0 Å². The van der Waals surface area contributed by atoms with Gasteiger partial charge in [0.05, 0.1) is 0 Å². The molecule has 158 valence electrons. The minimum Gasteiger partial charge on any atom is -0.295 e. The molecular formula is C28H40O. The van der Waals surface area contributed by atoms with Crippen LogP contribution in [0.3, 0.4) is 0 Å². The van der Waals surface area contributed by atoms with Gasteiger partial charge in [0.1, 0.15) is 0 Å². The molecular weight excluding hydrogens is 352 g/mol. The first-order valence-electron chi connectivity index (χ1n) is 12.0. The van der Waals surface area contributed by atoms with E-state index in [1.807, 2.05) is 6.08 Å². The molecule has 4 aliphatic carbocycles. The first-order chi connectivity index (χ1) is 13.7. The summed E-state index contributed by atoms with van der Waals surface area (Å²) in [7, 11) is 0. The molecule has 0 radical (unpaired) electrons. The summed E-state index contributed by atoms with van der Waals surface area (Å²) in [4.78, 5) is 12.0. The van der Waals surface area contributed by atoms with Crippen LogP contribution in [0, 0.1) is 40.4 Å². The van der Waals surface area contributed by atoms with Gasteiger partial charge in [-0.3, -0.25) is 4.79 Å². The lowest BCUT2D eigenvalue weighted by Gasteiger charge is -2.50. The average molecular weight is 393 g/mol. The molecule has 0 aliphatic heterocycles. The van der Waals surface area contributed by atoms with Crippen molar-refractivity contribution in [2.24, 2.45) is 40.4 Å². The number of carbonyl (C=O) groups excluding carboxylic acids is 1. The summed E-state index contributed by atoms with van der Waals surface area (Å²) in [6, 6.07) is 0. The number of carbonyl (C=O) groups is 1. The molecule has 4 aliphatic rings. The average Bonchev–Trinajstić information content (AvgIpc) is 3.03. The van der Waals surface area contributed by atoms with E-state index in [0.29, 0.717) is 41.3 Å². The molecule has 1 heteroatoms. The third kappa shape index (κ3) is 3.33. The molecule has 0 aromatic carbocycles. The van der Waals surface area contributed by atoms with E-state index in [1.54, 1.807) is 11.1 Å². The van der Waals surface area contributed by atoms with Crippen molar-refractivity contribution in [3.63, 3.8) is 0 Å². The Bertz CT molecular complexity index is 806. The Morgan fingerprint density at radius 2 is 1.76 bits per heavy atom. The Kier molecular flexibility index (Phi) is 5.33. The molecule has 2 unspecified atom stereocenters. The van der Waals surface area contributed by atoms with Gasteiger partial charge < -0.3 is 0 Å². The third-order valence-electron chi connectivity index (χ3n) is 9.39. The van der Waals surface area contributed by atoms with E-state index in [1.165, 1.54) is 31.3 Å². The molecule has 0 heterocycles. The van der Waals surface area contributed by atoms with Crippen molar-refractivity contribution in [1.82, 2.24) is 0 Å². The van der Waals surface area contributed by atoms with E-state index in [0.717, 1.165) is 12.3 Å². The van der Waals surface area contributed by atoms with Gasteiger partial charge in [-0.1, -0.05) is 71.4 Å². The maximum Gasteiger partial charge on any atom is 0.156 e. The van der Waals surface area contributed by atoms with E-state index in [-0.39, 0.29) is 5.41 Å². The Hall–Kier alpha value is -1.37. The van der Waals surface area contributed by atoms with E-state index in [2.05, 4.69) is 65.8 Å². The summed E-state index contributed by atoms with van der Waals surface area (Å²) >= 11 is 0. The molecule has 6 atom stereocenters. The van der Waals surface area contributed by atoms with Gasteiger partial charge in [-0.15, -0.1) is 0 Å². The van der Waals surface area contributed by atoms with Gasteiger partial charge >= 0.3 is 0 Å². The van der Waals surface area contributed by atoms with E-state index < -0.39 is 0 Å². The molecule has 0 N–H and O–H groups in total. The highest BCUT2D eigenvalue weighted by molar-refractivity contribution is 5.92. The number of ketones is 1. The van der Waals surface area contributed by atoms with Crippen molar-refractivity contribution < 1.29 is 4.79 Å². The van der Waals surface area contributed by atoms with Crippen LogP contribution in [0.5, 0.6) is 0 Å².